The maximum Gasteiger partial charge on any atom is 0.303 e. The number of fused-ring (bicyclic) bond motifs is 7. The maximum atomic E-state index is 14.8. The third-order valence-corrected chi connectivity index (χ3v) is 13.0. The lowest BCUT2D eigenvalue weighted by Gasteiger charge is -2.34. The highest BCUT2D eigenvalue weighted by Crippen LogP contribution is 2.66. The second-order valence-electron chi connectivity index (χ2n) is 14.7. The third kappa shape index (κ3) is 5.40. The van der Waals surface area contributed by atoms with Crippen LogP contribution in [-0.2, 0) is 21.5 Å². The Bertz CT molecular complexity index is 2110. The average molecular weight is 701 g/mol. The minimum atomic E-state index is -3.99. The van der Waals surface area contributed by atoms with Gasteiger partial charge in [-0.05, 0) is 86.4 Å². The fourth-order valence-corrected chi connectivity index (χ4v) is 9.35. The molecule has 12 nitrogen and oxygen atoms in total. The van der Waals surface area contributed by atoms with Gasteiger partial charge in [0.2, 0.25) is 11.8 Å². The number of benzene rings is 2. The summed E-state index contributed by atoms with van der Waals surface area (Å²) in [5.41, 5.74) is 5.04. The lowest BCUT2D eigenvalue weighted by molar-refractivity contribution is -0.139. The number of aromatic nitrogens is 3. The molecule has 0 radical (unpaired) electrons. The number of aryl methyl sites for hydroxylation is 1. The van der Waals surface area contributed by atoms with Crippen LogP contribution in [0.2, 0.25) is 0 Å². The number of hydrogen-bond donors (Lipinski definition) is 1. The molecule has 0 spiro atoms. The van der Waals surface area contributed by atoms with Gasteiger partial charge in [0.25, 0.3) is 5.91 Å². The Morgan fingerprint density at radius 1 is 1.02 bits per heavy atom. The Kier molecular flexibility index (Phi) is 8.05. The van der Waals surface area contributed by atoms with E-state index in [1.807, 2.05) is 30.0 Å². The summed E-state index contributed by atoms with van der Waals surface area (Å²) in [6.45, 7) is 3.51. The molecule has 8 rings (SSSR count). The number of nitrogens with one attached hydrogen (secondary N) is 1. The first kappa shape index (κ1) is 32.9. The summed E-state index contributed by atoms with van der Waals surface area (Å²) >= 11 is 0. The van der Waals surface area contributed by atoms with Gasteiger partial charge < -0.3 is 18.7 Å². The number of likely N-dealkylation sites (tertiary alicyclic amines) is 1. The maximum absolute atomic E-state index is 14.8. The second-order valence-corrected chi connectivity index (χ2v) is 16.6. The quantitative estimate of drug-likeness (QED) is 0.267. The number of piperidine rings is 1. The number of rotatable bonds is 7. The first-order valence-corrected chi connectivity index (χ1v) is 19.1. The Labute approximate surface area is 292 Å². The molecule has 0 unspecified atom stereocenters. The Morgan fingerprint density at radius 2 is 1.78 bits per heavy atom. The lowest BCUT2D eigenvalue weighted by atomic mass is 9.81. The second kappa shape index (κ2) is 12.2. The summed E-state index contributed by atoms with van der Waals surface area (Å²) in [5, 5.41) is 5.02. The summed E-state index contributed by atoms with van der Waals surface area (Å²) in [4.78, 5) is 34.7. The number of carbonyl (C=O) groups is 2. The zero-order valence-corrected chi connectivity index (χ0v) is 29.9. The predicted octanol–water partition coefficient (Wildman–Crippen LogP) is 5.49. The van der Waals surface area contributed by atoms with Gasteiger partial charge in [-0.1, -0.05) is 30.5 Å². The molecule has 264 valence electrons. The van der Waals surface area contributed by atoms with Crippen molar-refractivity contribution in [1.29, 1.82) is 0 Å². The molecular weight excluding hydrogens is 657 g/mol. The first-order chi connectivity index (χ1) is 24.0. The van der Waals surface area contributed by atoms with Crippen LogP contribution in [0.5, 0.6) is 5.75 Å². The monoisotopic (exact) mass is 700 g/mol. The summed E-state index contributed by atoms with van der Waals surface area (Å²) < 4.78 is 41.8. The van der Waals surface area contributed by atoms with Gasteiger partial charge in [0.05, 0.1) is 18.2 Å². The summed E-state index contributed by atoms with van der Waals surface area (Å²) in [5.74, 6) is 1.96. The van der Waals surface area contributed by atoms with Crippen LogP contribution in [-0.4, -0.2) is 78.4 Å². The fraction of sp³-hybridized carbons (Fsp3) is 0.514. The van der Waals surface area contributed by atoms with Crippen LogP contribution in [0.4, 0.5) is 0 Å². The van der Waals surface area contributed by atoms with Gasteiger partial charge in [0, 0.05) is 67.6 Å². The molecule has 50 heavy (non-hydrogen) atoms. The first-order valence-electron chi connectivity index (χ1n) is 17.7. The molecule has 4 heterocycles. The molecular formula is C37H44N6O6S. The molecule has 2 atom stereocenters. The third-order valence-electron chi connectivity index (χ3n) is 11.6. The molecule has 2 amide bonds. The van der Waals surface area contributed by atoms with Gasteiger partial charge in [-0.25, -0.2) is 4.72 Å². The van der Waals surface area contributed by atoms with E-state index in [1.54, 1.807) is 13.2 Å². The van der Waals surface area contributed by atoms with Gasteiger partial charge in [0.15, 0.2) is 5.82 Å². The number of carbonyl (C=O) groups excluding carboxylic acids is 2. The minimum absolute atomic E-state index is 0.0160. The van der Waals surface area contributed by atoms with E-state index in [9.17, 15) is 18.0 Å². The highest BCUT2D eigenvalue weighted by atomic mass is 32.2. The van der Waals surface area contributed by atoms with Gasteiger partial charge in [0.1, 0.15) is 5.75 Å². The number of methoxy groups -OCH3 is 1. The van der Waals surface area contributed by atoms with Gasteiger partial charge in [-0.2, -0.15) is 17.7 Å². The minimum Gasteiger partial charge on any atom is -0.497 e. The summed E-state index contributed by atoms with van der Waals surface area (Å²) in [7, 11) is 0.449. The Balaban J connectivity index is 1.24. The van der Waals surface area contributed by atoms with Crippen molar-refractivity contribution in [2.24, 2.45) is 5.41 Å². The predicted molar refractivity (Wildman–Crippen MR) is 187 cm³/mol. The van der Waals surface area contributed by atoms with E-state index in [0.29, 0.717) is 43.7 Å². The number of hydrogen-bond acceptors (Lipinski definition) is 8. The van der Waals surface area contributed by atoms with Crippen LogP contribution in [0, 0.1) is 12.3 Å². The Morgan fingerprint density at radius 3 is 2.46 bits per heavy atom. The molecule has 1 saturated heterocycles. The smallest absolute Gasteiger partial charge is 0.303 e. The summed E-state index contributed by atoms with van der Waals surface area (Å²) in [6, 6.07) is 11.8. The van der Waals surface area contributed by atoms with Gasteiger partial charge in [-0.3, -0.25) is 9.59 Å². The lowest BCUT2D eigenvalue weighted by Crippen LogP contribution is -2.44. The zero-order chi connectivity index (χ0) is 34.9. The molecule has 2 saturated carbocycles. The topological polar surface area (TPSA) is 140 Å². The van der Waals surface area contributed by atoms with Crippen molar-refractivity contribution in [2.45, 2.75) is 82.6 Å². The van der Waals surface area contributed by atoms with Crippen LogP contribution < -0.4 is 9.46 Å². The molecule has 4 aromatic rings. The molecule has 13 heteroatoms. The standard InChI is InChI=1S/C37H44N6O6S/c1-22-38-35(49-39-22)24-14-16-42(17-15-24)36(45)37-20-30(37)29-19-26(48-4)11-13-27(29)33-32(23-8-6-5-7-9-23)28-12-10-25(18-31(28)43(33)21-37)34(44)40-50(46,47)41(2)3/h10-13,18-19,23-24,30H,5-9,14-17,20-21H2,1-4H3,(H,40,44)/t30-,37-/m0/s1. The average Bonchev–Trinajstić information content (AvgIpc) is 3.58. The van der Waals surface area contributed by atoms with Crippen molar-refractivity contribution in [2.75, 3.05) is 34.3 Å². The van der Waals surface area contributed by atoms with E-state index in [0.717, 1.165) is 76.3 Å². The molecule has 0 bridgehead atoms. The Hall–Kier alpha value is -4.23. The number of amides is 2. The van der Waals surface area contributed by atoms with E-state index >= 15 is 0 Å². The van der Waals surface area contributed by atoms with Crippen molar-refractivity contribution in [3.05, 3.63) is 64.8 Å². The van der Waals surface area contributed by atoms with Crippen molar-refractivity contribution >= 4 is 32.9 Å². The molecule has 2 aliphatic heterocycles. The highest BCUT2D eigenvalue weighted by Gasteiger charge is 2.64. The fourth-order valence-electron chi connectivity index (χ4n) is 8.81. The number of nitrogens with zero attached hydrogens (tertiary/aromatic N) is 5. The SMILES string of the molecule is COc1ccc2c(c1)[C@@H]1C[C@]1(C(=O)N1CCC(c3nc(C)no3)CC1)Cn1c-2c(C2CCCCC2)c2ccc(C(=O)NS(=O)(=O)N(C)C)cc21. The van der Waals surface area contributed by atoms with Crippen molar-refractivity contribution < 1.29 is 27.3 Å². The highest BCUT2D eigenvalue weighted by molar-refractivity contribution is 7.87. The normalized spacial score (nSPS) is 22.5. The molecule has 2 aromatic heterocycles. The van der Waals surface area contributed by atoms with E-state index in [4.69, 9.17) is 9.26 Å². The van der Waals surface area contributed by atoms with Gasteiger partial charge in [-0.15, -0.1) is 0 Å². The zero-order valence-electron chi connectivity index (χ0n) is 29.1. The van der Waals surface area contributed by atoms with E-state index in [2.05, 4.69) is 31.6 Å². The van der Waals surface area contributed by atoms with E-state index in [-0.39, 0.29) is 23.3 Å². The van der Waals surface area contributed by atoms with Crippen LogP contribution in [0.25, 0.3) is 22.2 Å². The molecule has 3 fully saturated rings. The number of ether oxygens (including phenoxy) is 1. The molecule has 2 aromatic carbocycles. The summed E-state index contributed by atoms with van der Waals surface area (Å²) in [6.07, 6.45) is 7.90. The molecule has 4 aliphatic rings. The largest absolute Gasteiger partial charge is 0.497 e. The molecule has 2 aliphatic carbocycles. The van der Waals surface area contributed by atoms with Crippen molar-refractivity contribution in [1.82, 2.24) is 28.6 Å². The van der Waals surface area contributed by atoms with Crippen LogP contribution in [0.1, 0.15) is 102 Å². The van der Waals surface area contributed by atoms with Crippen LogP contribution >= 0.6 is 0 Å². The van der Waals surface area contributed by atoms with Gasteiger partial charge >= 0.3 is 10.2 Å². The van der Waals surface area contributed by atoms with E-state index < -0.39 is 21.5 Å². The van der Waals surface area contributed by atoms with Crippen LogP contribution in [0.15, 0.2) is 40.9 Å². The van der Waals surface area contributed by atoms with E-state index in [1.165, 1.54) is 26.1 Å². The van der Waals surface area contributed by atoms with Crippen molar-refractivity contribution in [3.63, 3.8) is 0 Å². The van der Waals surface area contributed by atoms with Crippen LogP contribution in [0.3, 0.4) is 0 Å². The van der Waals surface area contributed by atoms with Crippen molar-refractivity contribution in [3.8, 4) is 17.0 Å². The molecule has 1 N–H and O–H groups in total.